The maximum atomic E-state index is 15.8. The largest absolute Gasteiger partial charge is 1.00 e. The van der Waals surface area contributed by atoms with E-state index in [-0.39, 0.29) is 48.3 Å². The summed E-state index contributed by atoms with van der Waals surface area (Å²) in [4.78, 5) is 0. The summed E-state index contributed by atoms with van der Waals surface area (Å²) in [5.41, 5.74) is 13.2. The van der Waals surface area contributed by atoms with E-state index in [9.17, 15) is 0 Å². The summed E-state index contributed by atoms with van der Waals surface area (Å²) in [6.45, 7) is 9.80. The second-order valence-electron chi connectivity index (χ2n) is 14.9. The van der Waals surface area contributed by atoms with Gasteiger partial charge in [-0.3, -0.25) is 0 Å². The molecule has 0 bridgehead atoms. The second-order valence-corrected chi connectivity index (χ2v) is 39.9. The monoisotopic (exact) mass is 962 g/mol. The van der Waals surface area contributed by atoms with Gasteiger partial charge in [0, 0.05) is 0 Å². The smallest absolute Gasteiger partial charge is 1.00 e. The normalized spacial score (nSPS) is 20.5. The Hall–Kier alpha value is -3.67. The zero-order chi connectivity index (χ0) is 37.3. The summed E-state index contributed by atoms with van der Waals surface area (Å²) in [6, 6.07) is 31.4. The van der Waals surface area contributed by atoms with E-state index in [1.807, 2.05) is 72.8 Å². The van der Waals surface area contributed by atoms with Crippen LogP contribution in [0.25, 0.3) is 22.3 Å². The van der Waals surface area contributed by atoms with E-state index < -0.39 is 25.6 Å². The van der Waals surface area contributed by atoms with Gasteiger partial charge in [-0.2, -0.15) is 0 Å². The average molecular weight is 962 g/mol. The predicted molar refractivity (Wildman–Crippen MR) is 221 cm³/mol. The number of hydrogen-bond acceptors (Lipinski definition) is 0. The van der Waals surface area contributed by atoms with Crippen LogP contribution >= 0.6 is 0 Å². The van der Waals surface area contributed by atoms with Gasteiger partial charge in [-0.25, -0.2) is 0 Å². The Kier molecular flexibility index (Phi) is 13.7. The minimum Gasteiger partial charge on any atom is -1.00 e. The van der Waals surface area contributed by atoms with Crippen molar-refractivity contribution in [2.24, 2.45) is 0 Å². The van der Waals surface area contributed by atoms with Crippen LogP contribution in [0.2, 0.25) is 20.4 Å². The van der Waals surface area contributed by atoms with Crippen LogP contribution in [0.4, 0.5) is 8.78 Å². The molecule has 0 saturated carbocycles. The predicted octanol–water partition coefficient (Wildman–Crippen LogP) is 8.17. The molecule has 282 valence electrons. The molecule has 4 unspecified atom stereocenters. The molecule has 0 aliphatic heterocycles. The Balaban J connectivity index is 0.00000266. The Bertz CT molecular complexity index is 2250. The number of halogens is 4. The first-order valence-corrected chi connectivity index (χ1v) is 31.4. The van der Waals surface area contributed by atoms with E-state index in [0.717, 1.165) is 35.1 Å². The van der Waals surface area contributed by atoms with Crippen LogP contribution in [-0.2, 0) is 20.1 Å². The molecule has 4 aromatic carbocycles. The molecule has 4 aromatic rings. The van der Waals surface area contributed by atoms with Gasteiger partial charge in [0.1, 0.15) is 0 Å². The molecule has 0 amide bonds. The Morgan fingerprint density at radius 1 is 0.536 bits per heavy atom. The zero-order valence-electron chi connectivity index (χ0n) is 32.2. The van der Waals surface area contributed by atoms with E-state index in [2.05, 4.69) is 99.8 Å². The molecule has 0 spiro atoms. The van der Waals surface area contributed by atoms with Gasteiger partial charge in [-0.05, 0) is 0 Å². The summed E-state index contributed by atoms with van der Waals surface area (Å²) in [5.74, 6) is -0.354. The third-order valence-electron chi connectivity index (χ3n) is 11.7. The summed E-state index contributed by atoms with van der Waals surface area (Å²) in [7, 11) is 0. The third-order valence-corrected chi connectivity index (χ3v) is 39.3. The Morgan fingerprint density at radius 3 is 1.30 bits per heavy atom. The van der Waals surface area contributed by atoms with Crippen LogP contribution in [0.3, 0.4) is 0 Å². The first-order valence-electron chi connectivity index (χ1n) is 19.3. The topological polar surface area (TPSA) is 0 Å². The van der Waals surface area contributed by atoms with Gasteiger partial charge in [0.05, 0.1) is 0 Å². The van der Waals surface area contributed by atoms with Crippen LogP contribution in [0.5, 0.6) is 0 Å². The van der Waals surface area contributed by atoms with Crippen molar-refractivity contribution in [1.82, 2.24) is 0 Å². The van der Waals surface area contributed by atoms with E-state index in [4.69, 9.17) is 0 Å². The SMILES string of the molecule is CCC1=CC2=C(C=CC=CC2c2ccc(-c3ccccc3)c(F)c2)[CH]1[Hf+2]([CH]1C(CC)=CC2=C1C=CC=CC2c1ccc(-c2ccccc2)c(F)c1)=[Si](C)C.[Cl-].[Cl-]. The van der Waals surface area contributed by atoms with Crippen molar-refractivity contribution in [3.05, 3.63) is 214 Å². The van der Waals surface area contributed by atoms with Gasteiger partial charge in [0.15, 0.2) is 0 Å². The molecule has 4 aliphatic rings. The number of hydrogen-bond donors (Lipinski definition) is 0. The van der Waals surface area contributed by atoms with Crippen LogP contribution in [0, 0.1) is 11.6 Å². The molecular formula is C50H46Cl2F2HfSi. The minimum atomic E-state index is -2.68. The summed E-state index contributed by atoms with van der Waals surface area (Å²) in [6.07, 6.45) is 25.1. The summed E-state index contributed by atoms with van der Waals surface area (Å²) < 4.78 is 32.6. The van der Waals surface area contributed by atoms with E-state index >= 15 is 8.78 Å². The molecule has 0 aromatic heterocycles. The van der Waals surface area contributed by atoms with Crippen LogP contribution in [0.1, 0.15) is 49.7 Å². The van der Waals surface area contributed by atoms with E-state index in [1.54, 1.807) is 23.3 Å². The van der Waals surface area contributed by atoms with Crippen molar-refractivity contribution >= 4 is 5.49 Å². The molecule has 0 radical (unpaired) electrons. The molecule has 0 fully saturated rings. The van der Waals surface area contributed by atoms with Crippen LogP contribution < -0.4 is 24.8 Å². The van der Waals surface area contributed by atoms with Crippen molar-refractivity contribution in [3.8, 4) is 22.3 Å². The van der Waals surface area contributed by atoms with Gasteiger partial charge in [-0.15, -0.1) is 0 Å². The molecule has 0 N–H and O–H groups in total. The minimum absolute atomic E-state index is 0. The maximum Gasteiger partial charge on any atom is -1.00 e. The van der Waals surface area contributed by atoms with Gasteiger partial charge in [-0.1, -0.05) is 0 Å². The zero-order valence-corrected chi connectivity index (χ0v) is 38.4. The first-order chi connectivity index (χ1) is 26.4. The van der Waals surface area contributed by atoms with Crippen molar-refractivity contribution < 1.29 is 53.7 Å². The maximum absolute atomic E-state index is 15.8. The van der Waals surface area contributed by atoms with Crippen molar-refractivity contribution in [2.75, 3.05) is 0 Å². The fraction of sp³-hybridized carbons (Fsp3) is 0.200. The first kappa shape index (κ1) is 41.9. The number of allylic oxidation sites excluding steroid dienone is 16. The fourth-order valence-corrected chi connectivity index (χ4v) is 38.7. The molecule has 6 heteroatoms. The van der Waals surface area contributed by atoms with Gasteiger partial charge in [0.2, 0.25) is 0 Å². The Morgan fingerprint density at radius 2 is 0.946 bits per heavy atom. The van der Waals surface area contributed by atoms with Gasteiger partial charge < -0.3 is 24.8 Å². The molecule has 0 nitrogen and oxygen atoms in total. The van der Waals surface area contributed by atoms with Crippen molar-refractivity contribution in [3.63, 3.8) is 0 Å². The number of benzene rings is 4. The van der Waals surface area contributed by atoms with Crippen molar-refractivity contribution in [2.45, 2.75) is 59.0 Å². The molecule has 0 heterocycles. The molecule has 8 rings (SSSR count). The fourth-order valence-electron chi connectivity index (χ4n) is 9.09. The van der Waals surface area contributed by atoms with Gasteiger partial charge >= 0.3 is 330 Å². The Labute approximate surface area is 351 Å². The standard InChI is InChI=1S/2C24H20F.C2H6Si.2ClH.Hf/c2*1-2-17-14-19-10-6-7-11-21(23(19)15-17)20-12-13-22(24(25)16-20)18-8-4-3-5-9-18;1-3-2;;;/h2*3-16,21H,2H2,1H3;1-2H3;2*1H;/q;;;;;+2/p-2. The summed E-state index contributed by atoms with van der Waals surface area (Å²) >= 11 is -2.68. The number of rotatable bonds is 8. The second kappa shape index (κ2) is 18.3. The van der Waals surface area contributed by atoms with Crippen LogP contribution in [0.15, 0.2) is 191 Å². The molecule has 4 aliphatic carbocycles. The van der Waals surface area contributed by atoms with Crippen LogP contribution in [-0.4, -0.2) is 5.49 Å². The van der Waals surface area contributed by atoms with E-state index in [0.29, 0.717) is 18.5 Å². The van der Waals surface area contributed by atoms with E-state index in [1.165, 1.54) is 22.3 Å². The van der Waals surface area contributed by atoms with Crippen molar-refractivity contribution in [1.29, 1.82) is 0 Å². The summed E-state index contributed by atoms with van der Waals surface area (Å²) in [5, 5.41) is 0. The average Bonchev–Trinajstić information content (AvgIpc) is 3.54. The third kappa shape index (κ3) is 7.92. The molecule has 0 saturated heterocycles. The molecule has 4 atom stereocenters. The molecular weight excluding hydrogens is 916 g/mol. The quantitative estimate of drug-likeness (QED) is 0.157. The van der Waals surface area contributed by atoms with Gasteiger partial charge in [0.25, 0.3) is 0 Å². The molecule has 56 heavy (non-hydrogen) atoms.